The van der Waals surface area contributed by atoms with Gasteiger partial charge >= 0.3 is 0 Å². The molecule has 2 N–H and O–H groups in total. The van der Waals surface area contributed by atoms with Gasteiger partial charge in [0.1, 0.15) is 11.9 Å². The number of aromatic nitrogens is 2. The molecule has 0 bridgehead atoms. The third kappa shape index (κ3) is 6.22. The highest BCUT2D eigenvalue weighted by Gasteiger charge is 2.23. The van der Waals surface area contributed by atoms with Crippen LogP contribution >= 0.6 is 15.9 Å². The summed E-state index contributed by atoms with van der Waals surface area (Å²) in [5, 5.41) is 9.94. The van der Waals surface area contributed by atoms with Crippen LogP contribution in [0.15, 0.2) is 89.4 Å². The molecule has 3 aromatic carbocycles. The van der Waals surface area contributed by atoms with E-state index in [0.29, 0.717) is 12.1 Å². The maximum absolute atomic E-state index is 13.7. The van der Waals surface area contributed by atoms with Crippen LogP contribution < -0.4 is 10.6 Å². The number of halogens is 2. The van der Waals surface area contributed by atoms with Crippen LogP contribution in [0.5, 0.6) is 0 Å². The van der Waals surface area contributed by atoms with E-state index in [2.05, 4.69) is 31.7 Å². The molecule has 178 valence electrons. The molecule has 0 saturated heterocycles. The smallest absolute Gasteiger partial charge is 0.272 e. The molecule has 0 unspecified atom stereocenters. The Hall–Kier alpha value is -3.78. The van der Waals surface area contributed by atoms with Gasteiger partial charge in [-0.15, -0.1) is 0 Å². The minimum Gasteiger partial charge on any atom is -0.357 e. The van der Waals surface area contributed by atoms with Crippen LogP contribution in [0.2, 0.25) is 0 Å². The molecule has 6 nitrogen and oxygen atoms in total. The Bertz CT molecular complexity index is 1340. The van der Waals surface area contributed by atoms with Crippen molar-refractivity contribution in [2.45, 2.75) is 19.0 Å². The number of rotatable bonds is 8. The molecule has 0 spiro atoms. The first-order chi connectivity index (χ1) is 16.9. The van der Waals surface area contributed by atoms with Crippen molar-refractivity contribution in [3.05, 3.63) is 112 Å². The highest BCUT2D eigenvalue weighted by atomic mass is 79.9. The second-order valence-electron chi connectivity index (χ2n) is 8.04. The summed E-state index contributed by atoms with van der Waals surface area (Å²) in [7, 11) is 1.53. The second-order valence-corrected chi connectivity index (χ2v) is 8.96. The SMILES string of the molecule is CNC(=O)[C@H](Cc1cccc(Br)c1)NC(=O)c1cc(-c2ccccc2)n(Cc2cccc(F)c2)n1. The Kier molecular flexibility index (Phi) is 7.72. The summed E-state index contributed by atoms with van der Waals surface area (Å²) in [5.74, 6) is -1.11. The predicted molar refractivity (Wildman–Crippen MR) is 136 cm³/mol. The van der Waals surface area contributed by atoms with E-state index in [0.717, 1.165) is 21.2 Å². The van der Waals surface area contributed by atoms with Crippen molar-refractivity contribution in [1.29, 1.82) is 0 Å². The molecule has 0 aliphatic carbocycles. The molecule has 1 aromatic heterocycles. The number of nitrogens with zero attached hydrogens (tertiary/aromatic N) is 2. The number of hydrogen-bond donors (Lipinski definition) is 2. The van der Waals surface area contributed by atoms with Gasteiger partial charge in [-0.05, 0) is 47.0 Å². The number of hydrogen-bond acceptors (Lipinski definition) is 3. The third-order valence-corrected chi connectivity index (χ3v) is 5.99. The first kappa shape index (κ1) is 24.3. The van der Waals surface area contributed by atoms with E-state index in [9.17, 15) is 14.0 Å². The Morgan fingerprint density at radius 3 is 2.43 bits per heavy atom. The van der Waals surface area contributed by atoms with Gasteiger partial charge in [-0.1, -0.05) is 70.5 Å². The maximum atomic E-state index is 13.7. The molecule has 4 aromatic rings. The quantitative estimate of drug-likeness (QED) is 0.347. The summed E-state index contributed by atoms with van der Waals surface area (Å²) in [4.78, 5) is 25.7. The Morgan fingerprint density at radius 1 is 0.971 bits per heavy atom. The van der Waals surface area contributed by atoms with E-state index in [1.54, 1.807) is 22.9 Å². The number of carbonyl (C=O) groups excluding carboxylic acids is 2. The monoisotopic (exact) mass is 534 g/mol. The molecule has 35 heavy (non-hydrogen) atoms. The lowest BCUT2D eigenvalue weighted by Crippen LogP contribution is -2.47. The molecule has 1 atom stereocenters. The standard InChI is InChI=1S/C27H24BrFN4O2/c1-30-26(34)23(15-18-7-5-11-21(28)13-18)31-27(35)24-16-25(20-9-3-2-4-10-20)33(32-24)17-19-8-6-12-22(29)14-19/h2-14,16,23H,15,17H2,1H3,(H,30,34)(H,31,35)/t23-/m0/s1. The molecule has 0 aliphatic heterocycles. The van der Waals surface area contributed by atoms with Crippen molar-refractivity contribution in [2.75, 3.05) is 7.05 Å². The largest absolute Gasteiger partial charge is 0.357 e. The summed E-state index contributed by atoms with van der Waals surface area (Å²) >= 11 is 3.43. The highest BCUT2D eigenvalue weighted by molar-refractivity contribution is 9.10. The molecule has 0 fully saturated rings. The van der Waals surface area contributed by atoms with E-state index in [4.69, 9.17) is 0 Å². The molecule has 0 radical (unpaired) electrons. The fourth-order valence-electron chi connectivity index (χ4n) is 3.81. The van der Waals surface area contributed by atoms with Gasteiger partial charge in [0.2, 0.25) is 5.91 Å². The van der Waals surface area contributed by atoms with Crippen molar-refractivity contribution in [3.63, 3.8) is 0 Å². The predicted octanol–water partition coefficient (Wildman–Crippen LogP) is 4.59. The molecular formula is C27H24BrFN4O2. The minimum absolute atomic E-state index is 0.170. The zero-order valence-electron chi connectivity index (χ0n) is 19.0. The third-order valence-electron chi connectivity index (χ3n) is 5.50. The number of benzene rings is 3. The van der Waals surface area contributed by atoms with Crippen molar-refractivity contribution >= 4 is 27.7 Å². The van der Waals surface area contributed by atoms with Gasteiger partial charge in [0.15, 0.2) is 5.69 Å². The molecule has 4 rings (SSSR count). The molecular weight excluding hydrogens is 511 g/mol. The number of likely N-dealkylation sites (N-methyl/N-ethyl adjacent to an activating group) is 1. The lowest BCUT2D eigenvalue weighted by atomic mass is 10.0. The van der Waals surface area contributed by atoms with Crippen LogP contribution in [0.3, 0.4) is 0 Å². The Balaban J connectivity index is 1.62. The minimum atomic E-state index is -0.782. The van der Waals surface area contributed by atoms with Gasteiger partial charge in [-0.3, -0.25) is 14.3 Å². The fourth-order valence-corrected chi connectivity index (χ4v) is 4.26. The first-order valence-electron chi connectivity index (χ1n) is 11.1. The van der Waals surface area contributed by atoms with Crippen molar-refractivity contribution in [3.8, 4) is 11.3 Å². The van der Waals surface area contributed by atoms with Crippen LogP contribution in [0, 0.1) is 5.82 Å². The van der Waals surface area contributed by atoms with E-state index < -0.39 is 11.9 Å². The zero-order chi connectivity index (χ0) is 24.8. The van der Waals surface area contributed by atoms with Gasteiger partial charge in [-0.2, -0.15) is 5.10 Å². The molecule has 0 aliphatic rings. The number of amides is 2. The molecule has 2 amide bonds. The zero-order valence-corrected chi connectivity index (χ0v) is 20.6. The average Bonchev–Trinajstić information content (AvgIpc) is 3.27. The summed E-state index contributed by atoms with van der Waals surface area (Å²) in [6.07, 6.45) is 0.320. The average molecular weight is 535 g/mol. The summed E-state index contributed by atoms with van der Waals surface area (Å²) in [6.45, 7) is 0.284. The Labute approximate surface area is 211 Å². The van der Waals surface area contributed by atoms with E-state index in [1.807, 2.05) is 54.6 Å². The normalized spacial score (nSPS) is 11.6. The van der Waals surface area contributed by atoms with Gasteiger partial charge < -0.3 is 10.6 Å². The van der Waals surface area contributed by atoms with Crippen LogP contribution in [-0.4, -0.2) is 34.7 Å². The molecule has 1 heterocycles. The summed E-state index contributed by atoms with van der Waals surface area (Å²) in [6, 6.07) is 24.3. The van der Waals surface area contributed by atoms with Gasteiger partial charge in [-0.25, -0.2) is 4.39 Å². The first-order valence-corrected chi connectivity index (χ1v) is 11.9. The van der Waals surface area contributed by atoms with E-state index in [-0.39, 0.29) is 24.0 Å². The van der Waals surface area contributed by atoms with E-state index in [1.165, 1.54) is 19.2 Å². The van der Waals surface area contributed by atoms with E-state index >= 15 is 0 Å². The van der Waals surface area contributed by atoms with Crippen LogP contribution in [0.4, 0.5) is 4.39 Å². The van der Waals surface area contributed by atoms with Crippen molar-refractivity contribution < 1.29 is 14.0 Å². The maximum Gasteiger partial charge on any atom is 0.272 e. The number of nitrogens with one attached hydrogen (secondary N) is 2. The van der Waals surface area contributed by atoms with Crippen LogP contribution in [0.25, 0.3) is 11.3 Å². The van der Waals surface area contributed by atoms with Crippen LogP contribution in [0.1, 0.15) is 21.6 Å². The molecule has 0 saturated carbocycles. The second kappa shape index (κ2) is 11.1. The van der Waals surface area contributed by atoms with Crippen molar-refractivity contribution in [1.82, 2.24) is 20.4 Å². The summed E-state index contributed by atoms with van der Waals surface area (Å²) < 4.78 is 16.3. The van der Waals surface area contributed by atoms with Gasteiger partial charge in [0.25, 0.3) is 5.91 Å². The molecule has 8 heteroatoms. The lowest BCUT2D eigenvalue weighted by Gasteiger charge is -2.17. The summed E-state index contributed by atoms with van der Waals surface area (Å²) in [5.41, 5.74) is 3.37. The Morgan fingerprint density at radius 2 is 1.71 bits per heavy atom. The van der Waals surface area contributed by atoms with Gasteiger partial charge in [0.05, 0.1) is 12.2 Å². The number of carbonyl (C=O) groups is 2. The highest BCUT2D eigenvalue weighted by Crippen LogP contribution is 2.22. The fraction of sp³-hybridized carbons (Fsp3) is 0.148. The van der Waals surface area contributed by atoms with Gasteiger partial charge in [0, 0.05) is 17.9 Å². The van der Waals surface area contributed by atoms with Crippen LogP contribution in [-0.2, 0) is 17.8 Å². The van der Waals surface area contributed by atoms with Crippen molar-refractivity contribution in [2.24, 2.45) is 0 Å². The topological polar surface area (TPSA) is 76.0 Å². The lowest BCUT2D eigenvalue weighted by molar-refractivity contribution is -0.122.